The predicted molar refractivity (Wildman–Crippen MR) is 76.3 cm³/mol. The Bertz CT molecular complexity index is 436. The van der Waals surface area contributed by atoms with Gasteiger partial charge in [-0.2, -0.15) is 0 Å². The lowest BCUT2D eigenvalue weighted by atomic mass is 10.3. The van der Waals surface area contributed by atoms with Crippen molar-refractivity contribution in [1.29, 1.82) is 0 Å². The van der Waals surface area contributed by atoms with Gasteiger partial charge in [-0.25, -0.2) is 4.98 Å². The first-order valence-corrected chi connectivity index (χ1v) is 7.49. The number of nitrogens with one attached hydrogen (secondary N) is 1. The Balaban J connectivity index is 2.62. The van der Waals surface area contributed by atoms with Crippen LogP contribution in [0.15, 0.2) is 5.38 Å². The average Bonchev–Trinajstić information content (AvgIpc) is 2.85. The van der Waals surface area contributed by atoms with Gasteiger partial charge in [0, 0.05) is 19.0 Å². The molecule has 5 nitrogen and oxygen atoms in total. The number of hydrogen-bond acceptors (Lipinski definition) is 4. The van der Waals surface area contributed by atoms with Crippen LogP contribution in [-0.4, -0.2) is 41.8 Å². The Hall–Kier alpha value is -1.14. The molecule has 0 saturated heterocycles. The van der Waals surface area contributed by atoms with E-state index in [0.717, 1.165) is 17.1 Å². The molecular formula is C12H18ClN3O2S. The lowest BCUT2D eigenvalue weighted by Crippen LogP contribution is -2.40. The summed E-state index contributed by atoms with van der Waals surface area (Å²) in [5.41, 5.74) is 0.780. The second kappa shape index (κ2) is 8.12. The van der Waals surface area contributed by atoms with Gasteiger partial charge in [0.15, 0.2) is 0 Å². The quantitative estimate of drug-likeness (QED) is 0.775. The molecular weight excluding hydrogens is 286 g/mol. The summed E-state index contributed by atoms with van der Waals surface area (Å²) >= 11 is 7.09. The third kappa shape index (κ3) is 5.16. The van der Waals surface area contributed by atoms with Gasteiger partial charge in [-0.15, -0.1) is 22.9 Å². The number of halogens is 1. The monoisotopic (exact) mass is 303 g/mol. The molecule has 0 bridgehead atoms. The number of rotatable bonds is 7. The summed E-state index contributed by atoms with van der Waals surface area (Å²) in [7, 11) is 1.56. The maximum atomic E-state index is 12.1. The minimum atomic E-state index is -0.164. The number of carbonyl (C=O) groups is 2. The van der Waals surface area contributed by atoms with E-state index < -0.39 is 0 Å². The first-order chi connectivity index (χ1) is 9.10. The van der Waals surface area contributed by atoms with Crippen molar-refractivity contribution < 1.29 is 9.59 Å². The van der Waals surface area contributed by atoms with Gasteiger partial charge >= 0.3 is 0 Å². The fraction of sp³-hybridized carbons (Fsp3) is 0.583. The summed E-state index contributed by atoms with van der Waals surface area (Å²) in [6.07, 6.45) is 1.03. The molecule has 0 atom stereocenters. The van der Waals surface area contributed by atoms with Crippen molar-refractivity contribution >= 4 is 34.8 Å². The van der Waals surface area contributed by atoms with Crippen molar-refractivity contribution in [2.45, 2.75) is 25.6 Å². The topological polar surface area (TPSA) is 62.3 Å². The summed E-state index contributed by atoms with van der Waals surface area (Å²) < 4.78 is 0. The molecule has 0 radical (unpaired) electrons. The number of alkyl halides is 1. The molecule has 2 amide bonds. The fourth-order valence-corrected chi connectivity index (χ4v) is 2.56. The lowest BCUT2D eigenvalue weighted by molar-refractivity contribution is -0.135. The number of nitrogens with zero attached hydrogens (tertiary/aromatic N) is 2. The molecule has 19 heavy (non-hydrogen) atoms. The molecule has 106 valence electrons. The van der Waals surface area contributed by atoms with Crippen LogP contribution in [0.1, 0.15) is 24.0 Å². The summed E-state index contributed by atoms with van der Waals surface area (Å²) in [5.74, 6) is 0.102. The van der Waals surface area contributed by atoms with E-state index in [-0.39, 0.29) is 24.8 Å². The molecule has 0 aromatic carbocycles. The Morgan fingerprint density at radius 1 is 1.53 bits per heavy atom. The zero-order chi connectivity index (χ0) is 14.3. The molecule has 0 spiro atoms. The smallest absolute Gasteiger partial charge is 0.239 e. The average molecular weight is 304 g/mol. The summed E-state index contributed by atoms with van der Waals surface area (Å²) in [5, 5.41) is 5.10. The zero-order valence-corrected chi connectivity index (χ0v) is 12.7. The Morgan fingerprint density at radius 2 is 2.26 bits per heavy atom. The van der Waals surface area contributed by atoms with Gasteiger partial charge in [0.25, 0.3) is 0 Å². The highest BCUT2D eigenvalue weighted by Gasteiger charge is 2.17. The molecule has 0 aliphatic heterocycles. The van der Waals surface area contributed by atoms with Crippen LogP contribution >= 0.6 is 22.9 Å². The first-order valence-electron chi connectivity index (χ1n) is 6.08. The molecule has 7 heteroatoms. The third-order valence-electron chi connectivity index (χ3n) is 2.50. The zero-order valence-electron chi connectivity index (χ0n) is 11.1. The molecule has 0 fully saturated rings. The van der Waals surface area contributed by atoms with Crippen LogP contribution in [0.25, 0.3) is 0 Å². The van der Waals surface area contributed by atoms with E-state index in [1.807, 2.05) is 12.3 Å². The van der Waals surface area contributed by atoms with Crippen LogP contribution in [0.5, 0.6) is 0 Å². The predicted octanol–water partition coefficient (Wildman–Crippen LogP) is 1.41. The maximum Gasteiger partial charge on any atom is 0.239 e. The normalized spacial score (nSPS) is 10.3. The van der Waals surface area contributed by atoms with Gasteiger partial charge in [-0.3, -0.25) is 9.59 Å². The number of likely N-dealkylation sites (N-methyl/N-ethyl adjacent to an activating group) is 1. The number of hydrogen-bond donors (Lipinski definition) is 1. The molecule has 0 saturated carbocycles. The van der Waals surface area contributed by atoms with Crippen LogP contribution in [0.2, 0.25) is 0 Å². The van der Waals surface area contributed by atoms with Crippen molar-refractivity contribution in [1.82, 2.24) is 15.2 Å². The SMILES string of the molecule is CCCN(CC(=O)NC)C(=O)Cc1nc(CCl)cs1. The van der Waals surface area contributed by atoms with E-state index in [1.165, 1.54) is 11.3 Å². The van der Waals surface area contributed by atoms with E-state index in [4.69, 9.17) is 11.6 Å². The summed E-state index contributed by atoms with van der Waals surface area (Å²) in [6, 6.07) is 0. The second-order valence-electron chi connectivity index (χ2n) is 4.03. The van der Waals surface area contributed by atoms with E-state index in [1.54, 1.807) is 11.9 Å². The summed E-state index contributed by atoms with van der Waals surface area (Å²) in [6.45, 7) is 2.63. The molecule has 1 rings (SSSR count). The minimum Gasteiger partial charge on any atom is -0.358 e. The molecule has 1 aromatic heterocycles. The number of aromatic nitrogens is 1. The van der Waals surface area contributed by atoms with Gasteiger partial charge in [-0.1, -0.05) is 6.92 Å². The molecule has 0 aliphatic rings. The molecule has 0 unspecified atom stereocenters. The fourth-order valence-electron chi connectivity index (χ4n) is 1.55. The van der Waals surface area contributed by atoms with E-state index in [2.05, 4.69) is 10.3 Å². The maximum absolute atomic E-state index is 12.1. The van der Waals surface area contributed by atoms with Crippen LogP contribution in [0.4, 0.5) is 0 Å². The number of carbonyl (C=O) groups excluding carboxylic acids is 2. The van der Waals surface area contributed by atoms with Crippen molar-refractivity contribution in [3.05, 3.63) is 16.1 Å². The Labute approximate surface area is 122 Å². The van der Waals surface area contributed by atoms with Gasteiger partial charge < -0.3 is 10.2 Å². The van der Waals surface area contributed by atoms with E-state index in [9.17, 15) is 9.59 Å². The van der Waals surface area contributed by atoms with Crippen molar-refractivity contribution in [3.63, 3.8) is 0 Å². The van der Waals surface area contributed by atoms with Crippen LogP contribution in [0, 0.1) is 0 Å². The van der Waals surface area contributed by atoms with Gasteiger partial charge in [0.05, 0.1) is 24.5 Å². The van der Waals surface area contributed by atoms with Crippen LogP contribution in [-0.2, 0) is 21.9 Å². The van der Waals surface area contributed by atoms with Crippen LogP contribution in [0.3, 0.4) is 0 Å². The van der Waals surface area contributed by atoms with Gasteiger partial charge in [-0.05, 0) is 6.42 Å². The summed E-state index contributed by atoms with van der Waals surface area (Å²) in [4.78, 5) is 29.3. The first kappa shape index (κ1) is 15.9. The standard InChI is InChI=1S/C12H18ClN3O2S/c1-3-4-16(7-10(17)14-2)12(18)5-11-15-9(6-13)8-19-11/h8H,3-7H2,1-2H3,(H,14,17). The van der Waals surface area contributed by atoms with Crippen molar-refractivity contribution in [2.75, 3.05) is 20.1 Å². The Kier molecular flexibility index (Phi) is 6.80. The second-order valence-corrected chi connectivity index (χ2v) is 5.24. The van der Waals surface area contributed by atoms with Gasteiger partial charge in [0.1, 0.15) is 5.01 Å². The lowest BCUT2D eigenvalue weighted by Gasteiger charge is -2.20. The van der Waals surface area contributed by atoms with E-state index in [0.29, 0.717) is 12.4 Å². The van der Waals surface area contributed by atoms with Crippen LogP contribution < -0.4 is 5.32 Å². The highest BCUT2D eigenvalue weighted by atomic mass is 35.5. The largest absolute Gasteiger partial charge is 0.358 e. The highest BCUT2D eigenvalue weighted by Crippen LogP contribution is 2.13. The molecule has 0 aliphatic carbocycles. The van der Waals surface area contributed by atoms with Crippen molar-refractivity contribution in [3.8, 4) is 0 Å². The molecule has 1 aromatic rings. The van der Waals surface area contributed by atoms with E-state index >= 15 is 0 Å². The van der Waals surface area contributed by atoms with Crippen molar-refractivity contribution in [2.24, 2.45) is 0 Å². The number of amides is 2. The number of thiazole rings is 1. The highest BCUT2D eigenvalue weighted by molar-refractivity contribution is 7.09. The Morgan fingerprint density at radius 3 is 2.79 bits per heavy atom. The third-order valence-corrected chi connectivity index (χ3v) is 3.67. The van der Waals surface area contributed by atoms with Gasteiger partial charge in [0.2, 0.25) is 11.8 Å². The molecule has 1 heterocycles. The molecule has 1 N–H and O–H groups in total. The minimum absolute atomic E-state index is 0.0825.